The first-order valence-electron chi connectivity index (χ1n) is 6.84. The molecule has 3 heteroatoms. The summed E-state index contributed by atoms with van der Waals surface area (Å²) in [6.07, 6.45) is 1.07. The lowest BCUT2D eigenvalue weighted by atomic mass is 10.0. The van der Waals surface area contributed by atoms with E-state index >= 15 is 0 Å². The first kappa shape index (κ1) is 12.0. The molecule has 0 aliphatic carbocycles. The summed E-state index contributed by atoms with van der Waals surface area (Å²) >= 11 is 0. The van der Waals surface area contributed by atoms with E-state index in [1.807, 2.05) is 0 Å². The van der Waals surface area contributed by atoms with Gasteiger partial charge in [-0.1, -0.05) is 12.1 Å². The van der Waals surface area contributed by atoms with E-state index in [1.165, 1.54) is 11.1 Å². The van der Waals surface area contributed by atoms with Crippen LogP contribution in [0.2, 0.25) is 0 Å². The third-order valence-electron chi connectivity index (χ3n) is 3.81. The van der Waals surface area contributed by atoms with E-state index in [-0.39, 0.29) is 5.54 Å². The molecule has 1 N–H and O–H groups in total. The largest absolute Gasteiger partial charge is 0.493 e. The molecule has 2 aliphatic heterocycles. The zero-order chi connectivity index (χ0) is 12.6. The molecule has 1 aromatic carbocycles. The lowest BCUT2D eigenvalue weighted by molar-refractivity contribution is 0.148. The van der Waals surface area contributed by atoms with Gasteiger partial charge in [-0.2, -0.15) is 0 Å². The van der Waals surface area contributed by atoms with Crippen molar-refractivity contribution >= 4 is 0 Å². The van der Waals surface area contributed by atoms with Gasteiger partial charge in [0, 0.05) is 38.1 Å². The van der Waals surface area contributed by atoms with Crippen LogP contribution in [-0.2, 0) is 13.0 Å². The Balaban J connectivity index is 1.69. The third kappa shape index (κ3) is 2.52. The van der Waals surface area contributed by atoms with Crippen LogP contribution in [0, 0.1) is 0 Å². The Morgan fingerprint density at radius 2 is 2.28 bits per heavy atom. The van der Waals surface area contributed by atoms with Crippen LogP contribution >= 0.6 is 0 Å². The monoisotopic (exact) mass is 246 g/mol. The van der Waals surface area contributed by atoms with Crippen LogP contribution in [0.3, 0.4) is 0 Å². The number of hydrogen-bond acceptors (Lipinski definition) is 3. The van der Waals surface area contributed by atoms with Crippen molar-refractivity contribution in [3.05, 3.63) is 29.3 Å². The normalized spacial score (nSPS) is 22.6. The predicted octanol–water partition coefficient (Wildman–Crippen LogP) is 1.81. The quantitative estimate of drug-likeness (QED) is 0.861. The van der Waals surface area contributed by atoms with Gasteiger partial charge >= 0.3 is 0 Å². The van der Waals surface area contributed by atoms with Crippen molar-refractivity contribution in [3.8, 4) is 5.75 Å². The van der Waals surface area contributed by atoms with Crippen molar-refractivity contribution in [2.75, 3.05) is 26.2 Å². The molecule has 0 amide bonds. The van der Waals surface area contributed by atoms with Crippen LogP contribution in [0.4, 0.5) is 0 Å². The van der Waals surface area contributed by atoms with Crippen LogP contribution in [0.15, 0.2) is 18.2 Å². The average molecular weight is 246 g/mol. The van der Waals surface area contributed by atoms with Gasteiger partial charge in [-0.3, -0.25) is 4.90 Å². The van der Waals surface area contributed by atoms with Crippen LogP contribution in [-0.4, -0.2) is 36.7 Å². The van der Waals surface area contributed by atoms with Crippen molar-refractivity contribution in [2.24, 2.45) is 0 Å². The minimum atomic E-state index is 0.234. The van der Waals surface area contributed by atoms with Gasteiger partial charge in [0.05, 0.1) is 6.61 Å². The highest BCUT2D eigenvalue weighted by Crippen LogP contribution is 2.26. The maximum Gasteiger partial charge on any atom is 0.122 e. The smallest absolute Gasteiger partial charge is 0.122 e. The summed E-state index contributed by atoms with van der Waals surface area (Å²) in [5, 5.41) is 3.55. The topological polar surface area (TPSA) is 24.5 Å². The summed E-state index contributed by atoms with van der Waals surface area (Å²) in [6.45, 7) is 9.78. The highest BCUT2D eigenvalue weighted by atomic mass is 16.5. The van der Waals surface area contributed by atoms with Gasteiger partial charge < -0.3 is 10.1 Å². The summed E-state index contributed by atoms with van der Waals surface area (Å²) in [6, 6.07) is 6.65. The minimum Gasteiger partial charge on any atom is -0.493 e. The molecule has 2 heterocycles. The standard InChI is InChI=1S/C15H22N2O/c1-15(2)11-17(7-6-16-15)10-12-3-4-14-13(9-12)5-8-18-14/h3-4,9,16H,5-8,10-11H2,1-2H3. The van der Waals surface area contributed by atoms with E-state index in [4.69, 9.17) is 4.74 Å². The van der Waals surface area contributed by atoms with Gasteiger partial charge in [0.1, 0.15) is 5.75 Å². The lowest BCUT2D eigenvalue weighted by Gasteiger charge is -2.39. The van der Waals surface area contributed by atoms with Gasteiger partial charge in [0.2, 0.25) is 0 Å². The molecule has 0 bridgehead atoms. The number of fused-ring (bicyclic) bond motifs is 1. The molecule has 0 aromatic heterocycles. The third-order valence-corrected chi connectivity index (χ3v) is 3.81. The molecule has 18 heavy (non-hydrogen) atoms. The van der Waals surface area contributed by atoms with Crippen LogP contribution in [0.5, 0.6) is 5.75 Å². The first-order chi connectivity index (χ1) is 8.62. The Morgan fingerprint density at radius 1 is 1.39 bits per heavy atom. The SMILES string of the molecule is CC1(C)CN(Cc2ccc3c(c2)CCO3)CCN1. The van der Waals surface area contributed by atoms with Gasteiger partial charge in [-0.15, -0.1) is 0 Å². The van der Waals surface area contributed by atoms with E-state index in [1.54, 1.807) is 0 Å². The van der Waals surface area contributed by atoms with Gasteiger partial charge in [-0.25, -0.2) is 0 Å². The zero-order valence-corrected chi connectivity index (χ0v) is 11.3. The number of rotatable bonds is 2. The molecule has 1 aromatic rings. The number of benzene rings is 1. The lowest BCUT2D eigenvalue weighted by Crippen LogP contribution is -2.56. The Morgan fingerprint density at radius 3 is 3.11 bits per heavy atom. The summed E-state index contributed by atoms with van der Waals surface area (Å²) in [5.41, 5.74) is 3.02. The number of nitrogens with zero attached hydrogens (tertiary/aromatic N) is 1. The van der Waals surface area contributed by atoms with E-state index in [0.717, 1.165) is 45.0 Å². The Labute approximate surface area is 109 Å². The first-order valence-corrected chi connectivity index (χ1v) is 6.84. The second-order valence-electron chi connectivity index (χ2n) is 6.06. The minimum absolute atomic E-state index is 0.234. The van der Waals surface area contributed by atoms with E-state index in [9.17, 15) is 0 Å². The number of piperazine rings is 1. The second kappa shape index (κ2) is 4.56. The van der Waals surface area contributed by atoms with Crippen molar-refractivity contribution < 1.29 is 4.74 Å². The van der Waals surface area contributed by atoms with Crippen LogP contribution in [0.25, 0.3) is 0 Å². The van der Waals surface area contributed by atoms with Gasteiger partial charge in [-0.05, 0) is 31.0 Å². The van der Waals surface area contributed by atoms with E-state index < -0.39 is 0 Å². The maximum atomic E-state index is 5.55. The fourth-order valence-electron chi connectivity index (χ4n) is 2.98. The molecule has 1 saturated heterocycles. The Bertz CT molecular complexity index is 442. The highest BCUT2D eigenvalue weighted by Gasteiger charge is 2.25. The number of hydrogen-bond donors (Lipinski definition) is 1. The molecule has 2 aliphatic rings. The maximum absolute atomic E-state index is 5.55. The molecular weight excluding hydrogens is 224 g/mol. The number of nitrogens with one attached hydrogen (secondary N) is 1. The summed E-state index contributed by atoms with van der Waals surface area (Å²) in [4.78, 5) is 2.54. The second-order valence-corrected chi connectivity index (χ2v) is 6.06. The summed E-state index contributed by atoms with van der Waals surface area (Å²) in [7, 11) is 0. The van der Waals surface area contributed by atoms with Gasteiger partial charge in [0.25, 0.3) is 0 Å². The van der Waals surface area contributed by atoms with Crippen molar-refractivity contribution in [1.29, 1.82) is 0 Å². The average Bonchev–Trinajstić information content (AvgIpc) is 2.74. The molecule has 0 atom stereocenters. The van der Waals surface area contributed by atoms with Crippen molar-refractivity contribution in [2.45, 2.75) is 32.4 Å². The van der Waals surface area contributed by atoms with Crippen LogP contribution in [0.1, 0.15) is 25.0 Å². The Hall–Kier alpha value is -1.06. The zero-order valence-electron chi connectivity index (χ0n) is 11.3. The molecule has 0 saturated carbocycles. The van der Waals surface area contributed by atoms with Crippen molar-refractivity contribution in [1.82, 2.24) is 10.2 Å². The molecule has 0 spiro atoms. The molecule has 1 fully saturated rings. The highest BCUT2D eigenvalue weighted by molar-refractivity contribution is 5.39. The molecule has 3 nitrogen and oxygen atoms in total. The molecule has 3 rings (SSSR count). The fraction of sp³-hybridized carbons (Fsp3) is 0.600. The summed E-state index contributed by atoms with van der Waals surface area (Å²) < 4.78 is 5.55. The Kier molecular flexibility index (Phi) is 3.04. The summed E-state index contributed by atoms with van der Waals surface area (Å²) in [5.74, 6) is 1.08. The predicted molar refractivity (Wildman–Crippen MR) is 73.0 cm³/mol. The molecule has 0 radical (unpaired) electrons. The van der Waals surface area contributed by atoms with Crippen LogP contribution < -0.4 is 10.1 Å². The number of ether oxygens (including phenoxy) is 1. The van der Waals surface area contributed by atoms with E-state index in [0.29, 0.717) is 0 Å². The fourth-order valence-corrected chi connectivity index (χ4v) is 2.98. The molecule has 0 unspecified atom stereocenters. The van der Waals surface area contributed by atoms with Crippen molar-refractivity contribution in [3.63, 3.8) is 0 Å². The molecular formula is C15H22N2O. The van der Waals surface area contributed by atoms with E-state index in [2.05, 4.69) is 42.3 Å². The molecule has 98 valence electrons. The van der Waals surface area contributed by atoms with Gasteiger partial charge in [0.15, 0.2) is 0 Å².